The molecule has 0 radical (unpaired) electrons. The van der Waals surface area contributed by atoms with Crippen molar-refractivity contribution < 1.29 is 14.1 Å². The van der Waals surface area contributed by atoms with E-state index in [4.69, 9.17) is 11.6 Å². The molecule has 0 unspecified atom stereocenters. The minimum atomic E-state index is -0.711. The van der Waals surface area contributed by atoms with E-state index in [0.29, 0.717) is 5.56 Å². The third kappa shape index (κ3) is 3.00. The Morgan fingerprint density at radius 1 is 1.29 bits per heavy atom. The molecule has 0 saturated heterocycles. The van der Waals surface area contributed by atoms with Crippen molar-refractivity contribution in [2.75, 3.05) is 5.32 Å². The summed E-state index contributed by atoms with van der Waals surface area (Å²) in [5.74, 6) is -1.30. The zero-order valence-electron chi connectivity index (χ0n) is 10.9. The number of hydrogen-bond donors (Lipinski definition) is 1. The number of nitrogens with zero attached hydrogens (tertiary/aromatic N) is 1. The summed E-state index contributed by atoms with van der Waals surface area (Å²) in [6, 6.07) is 8.22. The van der Waals surface area contributed by atoms with Crippen LogP contribution in [0.25, 0.3) is 0 Å². The normalized spacial score (nSPS) is 10.2. The molecule has 5 nitrogen and oxygen atoms in total. The van der Waals surface area contributed by atoms with Crippen LogP contribution in [0, 0.1) is 22.9 Å². The Morgan fingerprint density at radius 3 is 2.57 bits per heavy atom. The summed E-state index contributed by atoms with van der Waals surface area (Å²) in [5.41, 5.74) is 0.0815. The first kappa shape index (κ1) is 14.9. The lowest BCUT2D eigenvalue weighted by atomic mass is 10.1. The van der Waals surface area contributed by atoms with E-state index in [0.717, 1.165) is 0 Å². The number of halogens is 2. The Balaban J connectivity index is 2.38. The summed E-state index contributed by atoms with van der Waals surface area (Å²) in [4.78, 5) is 22.2. The predicted molar refractivity (Wildman–Crippen MR) is 77.2 cm³/mol. The number of rotatable bonds is 3. The molecule has 2 rings (SSSR count). The number of anilines is 1. The maximum absolute atomic E-state index is 13.7. The molecule has 0 atom stereocenters. The first-order chi connectivity index (χ1) is 9.91. The van der Waals surface area contributed by atoms with Gasteiger partial charge in [-0.25, -0.2) is 4.39 Å². The van der Waals surface area contributed by atoms with Gasteiger partial charge in [0.15, 0.2) is 0 Å². The van der Waals surface area contributed by atoms with Crippen LogP contribution in [0.4, 0.5) is 15.8 Å². The van der Waals surface area contributed by atoms with Gasteiger partial charge < -0.3 is 5.32 Å². The number of aryl methyl sites for hydroxylation is 1. The van der Waals surface area contributed by atoms with Crippen molar-refractivity contribution in [2.24, 2.45) is 0 Å². The van der Waals surface area contributed by atoms with Gasteiger partial charge in [-0.3, -0.25) is 14.9 Å². The summed E-state index contributed by atoms with van der Waals surface area (Å²) in [5, 5.41) is 12.9. The Hall–Kier alpha value is -2.47. The van der Waals surface area contributed by atoms with Crippen LogP contribution in [0.5, 0.6) is 0 Å². The topological polar surface area (TPSA) is 72.2 Å². The molecule has 0 fully saturated rings. The summed E-state index contributed by atoms with van der Waals surface area (Å²) < 4.78 is 13.7. The summed E-state index contributed by atoms with van der Waals surface area (Å²) in [6.45, 7) is 1.63. The van der Waals surface area contributed by atoms with E-state index < -0.39 is 16.6 Å². The minimum Gasteiger partial charge on any atom is -0.319 e. The monoisotopic (exact) mass is 308 g/mol. The lowest BCUT2D eigenvalue weighted by molar-refractivity contribution is -0.384. The van der Waals surface area contributed by atoms with Gasteiger partial charge in [-0.1, -0.05) is 29.8 Å². The highest BCUT2D eigenvalue weighted by Gasteiger charge is 2.21. The van der Waals surface area contributed by atoms with Crippen molar-refractivity contribution in [1.82, 2.24) is 0 Å². The maximum atomic E-state index is 13.7. The van der Waals surface area contributed by atoms with Gasteiger partial charge in [0.25, 0.3) is 11.6 Å². The Kier molecular flexibility index (Phi) is 4.18. The number of benzene rings is 2. The highest BCUT2D eigenvalue weighted by atomic mass is 35.5. The van der Waals surface area contributed by atoms with Crippen molar-refractivity contribution in [2.45, 2.75) is 6.92 Å². The van der Waals surface area contributed by atoms with Gasteiger partial charge in [-0.05, 0) is 24.6 Å². The van der Waals surface area contributed by atoms with E-state index in [1.54, 1.807) is 13.0 Å². The molecule has 1 amide bonds. The number of carbonyl (C=O) groups excluding carboxylic acids is 1. The molecule has 0 spiro atoms. The van der Waals surface area contributed by atoms with Crippen molar-refractivity contribution in [3.05, 3.63) is 68.5 Å². The molecule has 21 heavy (non-hydrogen) atoms. The molecular weight excluding hydrogens is 299 g/mol. The first-order valence-corrected chi connectivity index (χ1v) is 6.29. The Morgan fingerprint density at radius 2 is 1.95 bits per heavy atom. The second-order valence-electron chi connectivity index (χ2n) is 4.28. The molecule has 2 aromatic rings. The average Bonchev–Trinajstić information content (AvgIpc) is 2.42. The maximum Gasteiger partial charge on any atom is 0.288 e. The molecule has 0 aromatic heterocycles. The quantitative estimate of drug-likeness (QED) is 0.689. The van der Waals surface area contributed by atoms with E-state index in [1.807, 2.05) is 0 Å². The molecule has 0 heterocycles. The fourth-order valence-electron chi connectivity index (χ4n) is 1.81. The van der Waals surface area contributed by atoms with Crippen LogP contribution in [0.15, 0.2) is 36.4 Å². The second kappa shape index (κ2) is 5.88. The molecular formula is C14H10ClFN2O3. The number of nitro groups is 1. The van der Waals surface area contributed by atoms with Gasteiger partial charge in [0.1, 0.15) is 10.8 Å². The van der Waals surface area contributed by atoms with E-state index in [-0.39, 0.29) is 22.0 Å². The number of nitro benzene ring substituents is 1. The fourth-order valence-corrected chi connectivity index (χ4v) is 2.09. The molecule has 1 N–H and O–H groups in total. The van der Waals surface area contributed by atoms with Crippen LogP contribution in [0.1, 0.15) is 15.9 Å². The van der Waals surface area contributed by atoms with Crippen LogP contribution < -0.4 is 5.32 Å². The van der Waals surface area contributed by atoms with Gasteiger partial charge in [0, 0.05) is 6.07 Å². The molecule has 2 aromatic carbocycles. The fraction of sp³-hybridized carbons (Fsp3) is 0.0714. The molecule has 0 aliphatic rings. The van der Waals surface area contributed by atoms with Gasteiger partial charge in [0.05, 0.1) is 16.2 Å². The predicted octanol–water partition coefficient (Wildman–Crippen LogP) is 3.95. The van der Waals surface area contributed by atoms with Gasteiger partial charge >= 0.3 is 0 Å². The summed E-state index contributed by atoms with van der Waals surface area (Å²) in [7, 11) is 0. The highest BCUT2D eigenvalue weighted by Crippen LogP contribution is 2.29. The molecule has 0 aliphatic heterocycles. The van der Waals surface area contributed by atoms with E-state index in [2.05, 4.69) is 5.32 Å². The van der Waals surface area contributed by atoms with E-state index in [1.165, 1.54) is 30.3 Å². The summed E-state index contributed by atoms with van der Waals surface area (Å²) >= 11 is 5.85. The average molecular weight is 309 g/mol. The summed E-state index contributed by atoms with van der Waals surface area (Å²) in [6.07, 6.45) is 0. The third-order valence-electron chi connectivity index (χ3n) is 2.88. The second-order valence-corrected chi connectivity index (χ2v) is 4.66. The van der Waals surface area contributed by atoms with Crippen LogP contribution in [0.2, 0.25) is 5.02 Å². The van der Waals surface area contributed by atoms with Gasteiger partial charge in [-0.15, -0.1) is 0 Å². The van der Waals surface area contributed by atoms with Crippen molar-refractivity contribution >= 4 is 28.9 Å². The van der Waals surface area contributed by atoms with Crippen molar-refractivity contribution in [3.8, 4) is 0 Å². The largest absolute Gasteiger partial charge is 0.319 e. The third-order valence-corrected chi connectivity index (χ3v) is 3.28. The van der Waals surface area contributed by atoms with Crippen LogP contribution in [0.3, 0.4) is 0 Å². The van der Waals surface area contributed by atoms with E-state index in [9.17, 15) is 19.3 Å². The molecule has 7 heteroatoms. The van der Waals surface area contributed by atoms with Crippen LogP contribution in [-0.2, 0) is 0 Å². The lowest BCUT2D eigenvalue weighted by Gasteiger charge is -2.10. The van der Waals surface area contributed by atoms with Crippen LogP contribution >= 0.6 is 11.6 Å². The zero-order valence-corrected chi connectivity index (χ0v) is 11.6. The molecule has 0 aliphatic carbocycles. The number of carbonyl (C=O) groups is 1. The number of nitrogens with one attached hydrogen (secondary N) is 1. The number of hydrogen-bond acceptors (Lipinski definition) is 3. The Bertz CT molecular complexity index is 714. The molecule has 0 saturated carbocycles. The Labute approximate surface area is 124 Å². The standard InChI is InChI=1S/C14H10ClFN2O3/c1-8-4-2-6-10(16)13(8)17-14(19)9-5-3-7-11(12(9)15)18(20)21/h2-7H,1H3,(H,17,19). The zero-order chi connectivity index (χ0) is 15.6. The van der Waals surface area contributed by atoms with Crippen LogP contribution in [-0.4, -0.2) is 10.8 Å². The van der Waals surface area contributed by atoms with Crippen molar-refractivity contribution in [3.63, 3.8) is 0 Å². The van der Waals surface area contributed by atoms with Gasteiger partial charge in [0.2, 0.25) is 0 Å². The van der Waals surface area contributed by atoms with Crippen molar-refractivity contribution in [1.29, 1.82) is 0 Å². The minimum absolute atomic E-state index is 0.0186. The highest BCUT2D eigenvalue weighted by molar-refractivity contribution is 6.36. The lowest BCUT2D eigenvalue weighted by Crippen LogP contribution is -2.15. The van der Waals surface area contributed by atoms with E-state index >= 15 is 0 Å². The van der Waals surface area contributed by atoms with Gasteiger partial charge in [-0.2, -0.15) is 0 Å². The molecule has 0 bridgehead atoms. The molecule has 108 valence electrons. The SMILES string of the molecule is Cc1cccc(F)c1NC(=O)c1cccc([N+](=O)[O-])c1Cl. The first-order valence-electron chi connectivity index (χ1n) is 5.91. The smallest absolute Gasteiger partial charge is 0.288 e. The number of amides is 1. The number of para-hydroxylation sites is 1.